The first-order valence-electron chi connectivity index (χ1n) is 7.56. The Morgan fingerprint density at radius 1 is 1.00 bits per heavy atom. The zero-order valence-corrected chi connectivity index (χ0v) is 12.1. The monoisotopic (exact) mass is 224 g/mol. The van der Waals surface area contributed by atoms with Gasteiger partial charge in [0.2, 0.25) is 0 Å². The van der Waals surface area contributed by atoms with Gasteiger partial charge in [0.15, 0.2) is 0 Å². The van der Waals surface area contributed by atoms with Gasteiger partial charge in [0.25, 0.3) is 0 Å². The SMILES string of the molecule is CCCCC(C)CCC(C)C1C(C)CC1C. The lowest BCUT2D eigenvalue weighted by Crippen LogP contribution is -2.37. The Labute approximate surface area is 103 Å². The third-order valence-corrected chi connectivity index (χ3v) is 4.88. The van der Waals surface area contributed by atoms with E-state index in [0.717, 1.165) is 29.6 Å². The smallest absolute Gasteiger partial charge is 0.0337 e. The molecule has 0 nitrogen and oxygen atoms in total. The van der Waals surface area contributed by atoms with Crippen LogP contribution in [0.15, 0.2) is 0 Å². The van der Waals surface area contributed by atoms with E-state index < -0.39 is 0 Å². The quantitative estimate of drug-likeness (QED) is 0.534. The highest BCUT2D eigenvalue weighted by Crippen LogP contribution is 2.45. The Morgan fingerprint density at radius 2 is 1.62 bits per heavy atom. The minimum Gasteiger partial charge on any atom is -0.0654 e. The van der Waals surface area contributed by atoms with Crippen molar-refractivity contribution in [3.05, 3.63) is 0 Å². The van der Waals surface area contributed by atoms with Crippen LogP contribution in [0.3, 0.4) is 0 Å². The molecular weight excluding hydrogens is 192 g/mol. The van der Waals surface area contributed by atoms with Gasteiger partial charge < -0.3 is 0 Å². The molecule has 0 aliphatic heterocycles. The zero-order valence-electron chi connectivity index (χ0n) is 12.1. The minimum atomic E-state index is 0.952. The van der Waals surface area contributed by atoms with Crippen molar-refractivity contribution in [2.75, 3.05) is 0 Å². The van der Waals surface area contributed by atoms with Crippen LogP contribution < -0.4 is 0 Å². The number of unbranched alkanes of at least 4 members (excludes halogenated alkanes) is 1. The summed E-state index contributed by atoms with van der Waals surface area (Å²) in [5.74, 6) is 4.93. The molecule has 0 spiro atoms. The van der Waals surface area contributed by atoms with E-state index >= 15 is 0 Å². The molecule has 1 aliphatic rings. The lowest BCUT2D eigenvalue weighted by molar-refractivity contribution is 0.0431. The van der Waals surface area contributed by atoms with Crippen molar-refractivity contribution < 1.29 is 0 Å². The van der Waals surface area contributed by atoms with Crippen molar-refractivity contribution in [2.45, 2.75) is 73.1 Å². The Morgan fingerprint density at radius 3 is 2.12 bits per heavy atom. The van der Waals surface area contributed by atoms with Crippen molar-refractivity contribution in [1.29, 1.82) is 0 Å². The lowest BCUT2D eigenvalue weighted by Gasteiger charge is -2.45. The highest BCUT2D eigenvalue weighted by atomic mass is 14.4. The van der Waals surface area contributed by atoms with E-state index in [1.54, 1.807) is 0 Å². The third-order valence-electron chi connectivity index (χ3n) is 4.88. The van der Waals surface area contributed by atoms with Gasteiger partial charge in [-0.15, -0.1) is 0 Å². The van der Waals surface area contributed by atoms with Gasteiger partial charge in [-0.3, -0.25) is 0 Å². The van der Waals surface area contributed by atoms with E-state index in [9.17, 15) is 0 Å². The maximum atomic E-state index is 2.49. The molecule has 16 heavy (non-hydrogen) atoms. The van der Waals surface area contributed by atoms with Crippen LogP contribution in [-0.4, -0.2) is 0 Å². The molecule has 0 heterocycles. The molecule has 0 aromatic carbocycles. The van der Waals surface area contributed by atoms with Crippen LogP contribution >= 0.6 is 0 Å². The van der Waals surface area contributed by atoms with Gasteiger partial charge in [-0.25, -0.2) is 0 Å². The van der Waals surface area contributed by atoms with E-state index in [4.69, 9.17) is 0 Å². The summed E-state index contributed by atoms with van der Waals surface area (Å²) in [7, 11) is 0. The van der Waals surface area contributed by atoms with Gasteiger partial charge in [0.1, 0.15) is 0 Å². The summed E-state index contributed by atoms with van der Waals surface area (Å²) in [6, 6.07) is 0. The van der Waals surface area contributed by atoms with Crippen molar-refractivity contribution in [2.24, 2.45) is 29.6 Å². The summed E-state index contributed by atoms with van der Waals surface area (Å²) in [5.41, 5.74) is 0. The van der Waals surface area contributed by atoms with E-state index in [0.29, 0.717) is 0 Å². The molecule has 1 aliphatic carbocycles. The summed E-state index contributed by atoms with van der Waals surface area (Å²) in [4.78, 5) is 0. The van der Waals surface area contributed by atoms with Crippen LogP contribution in [0, 0.1) is 29.6 Å². The van der Waals surface area contributed by atoms with Crippen LogP contribution in [0.4, 0.5) is 0 Å². The second-order valence-corrected chi connectivity index (χ2v) is 6.57. The summed E-state index contributed by atoms with van der Waals surface area (Å²) in [6.45, 7) is 12.1. The summed E-state index contributed by atoms with van der Waals surface area (Å²) < 4.78 is 0. The van der Waals surface area contributed by atoms with Crippen molar-refractivity contribution in [3.63, 3.8) is 0 Å². The first-order chi connectivity index (χ1) is 7.56. The molecule has 0 aromatic heterocycles. The molecule has 0 heteroatoms. The second-order valence-electron chi connectivity index (χ2n) is 6.57. The number of rotatable bonds is 7. The normalized spacial score (nSPS) is 33.2. The molecule has 0 aromatic rings. The molecule has 0 amide bonds. The molecule has 0 N–H and O–H groups in total. The van der Waals surface area contributed by atoms with E-state index in [1.165, 1.54) is 38.5 Å². The molecule has 4 unspecified atom stereocenters. The van der Waals surface area contributed by atoms with Gasteiger partial charge in [0, 0.05) is 0 Å². The largest absolute Gasteiger partial charge is 0.0654 e. The Kier molecular flexibility index (Phi) is 5.86. The van der Waals surface area contributed by atoms with E-state index in [-0.39, 0.29) is 0 Å². The fourth-order valence-electron chi connectivity index (χ4n) is 3.82. The van der Waals surface area contributed by atoms with E-state index in [2.05, 4.69) is 34.6 Å². The Balaban J connectivity index is 2.16. The van der Waals surface area contributed by atoms with Gasteiger partial charge in [-0.1, -0.05) is 66.7 Å². The summed E-state index contributed by atoms with van der Waals surface area (Å²) >= 11 is 0. The van der Waals surface area contributed by atoms with Crippen LogP contribution in [0.2, 0.25) is 0 Å². The van der Waals surface area contributed by atoms with Gasteiger partial charge in [-0.2, -0.15) is 0 Å². The van der Waals surface area contributed by atoms with Crippen molar-refractivity contribution in [1.82, 2.24) is 0 Å². The Hall–Kier alpha value is 0. The first kappa shape index (κ1) is 14.1. The van der Waals surface area contributed by atoms with Crippen LogP contribution in [0.5, 0.6) is 0 Å². The molecule has 0 radical (unpaired) electrons. The van der Waals surface area contributed by atoms with E-state index in [1.807, 2.05) is 0 Å². The molecule has 1 rings (SSSR count). The molecule has 4 atom stereocenters. The maximum absolute atomic E-state index is 2.49. The van der Waals surface area contributed by atoms with Crippen LogP contribution in [-0.2, 0) is 0 Å². The molecule has 0 bridgehead atoms. The van der Waals surface area contributed by atoms with Crippen molar-refractivity contribution in [3.8, 4) is 0 Å². The van der Waals surface area contributed by atoms with Crippen molar-refractivity contribution >= 4 is 0 Å². The van der Waals surface area contributed by atoms with Crippen LogP contribution in [0.25, 0.3) is 0 Å². The second kappa shape index (κ2) is 6.67. The maximum Gasteiger partial charge on any atom is -0.0337 e. The van der Waals surface area contributed by atoms with Crippen LogP contribution in [0.1, 0.15) is 73.1 Å². The molecule has 0 saturated heterocycles. The molecule has 1 fully saturated rings. The van der Waals surface area contributed by atoms with Gasteiger partial charge in [0.05, 0.1) is 0 Å². The lowest BCUT2D eigenvalue weighted by atomic mass is 9.60. The standard InChI is InChI=1S/C16H32/c1-6-7-8-12(2)9-10-13(3)16-14(4)11-15(16)5/h12-16H,6-11H2,1-5H3. The third kappa shape index (κ3) is 3.79. The highest BCUT2D eigenvalue weighted by Gasteiger charge is 2.37. The molecule has 1 saturated carbocycles. The minimum absolute atomic E-state index is 0.952. The average molecular weight is 224 g/mol. The summed E-state index contributed by atoms with van der Waals surface area (Å²) in [5, 5.41) is 0. The predicted octanol–water partition coefficient (Wildman–Crippen LogP) is 5.52. The predicted molar refractivity (Wildman–Crippen MR) is 73.5 cm³/mol. The van der Waals surface area contributed by atoms with Gasteiger partial charge >= 0.3 is 0 Å². The average Bonchev–Trinajstić information content (AvgIpc) is 2.23. The summed E-state index contributed by atoms with van der Waals surface area (Å²) in [6.07, 6.45) is 8.61. The zero-order chi connectivity index (χ0) is 12.1. The highest BCUT2D eigenvalue weighted by molar-refractivity contribution is 4.87. The number of hydrogen-bond donors (Lipinski definition) is 0. The number of hydrogen-bond acceptors (Lipinski definition) is 0. The fraction of sp³-hybridized carbons (Fsp3) is 1.00. The molecular formula is C16H32. The molecule has 96 valence electrons. The fourth-order valence-corrected chi connectivity index (χ4v) is 3.82. The first-order valence-corrected chi connectivity index (χ1v) is 7.56. The van der Waals surface area contributed by atoms with Gasteiger partial charge in [-0.05, 0) is 36.0 Å². The topological polar surface area (TPSA) is 0 Å². The Bertz CT molecular complexity index is 176.